The molecule has 9 heterocycles. The fourth-order valence-electron chi connectivity index (χ4n) is 11.0. The number of aromatic nitrogens is 12. The van der Waals surface area contributed by atoms with Crippen LogP contribution in [0.15, 0.2) is 140 Å². The minimum Gasteiger partial charge on any atom is -0.497 e. The first-order valence-corrected chi connectivity index (χ1v) is 30.1. The summed E-state index contributed by atoms with van der Waals surface area (Å²) in [5.41, 5.74) is 13.6. The normalized spacial score (nSPS) is 15.2. The van der Waals surface area contributed by atoms with Crippen molar-refractivity contribution in [3.8, 4) is 5.75 Å². The number of nitrogens with zero attached hydrogens (tertiary/aromatic N) is 12. The van der Waals surface area contributed by atoms with Crippen molar-refractivity contribution in [2.45, 2.75) is 38.6 Å². The zero-order valence-electron chi connectivity index (χ0n) is 49.7. The van der Waals surface area contributed by atoms with E-state index in [0.29, 0.717) is 52.5 Å². The molecule has 0 amide bonds. The van der Waals surface area contributed by atoms with Crippen molar-refractivity contribution in [1.29, 1.82) is 0 Å². The van der Waals surface area contributed by atoms with E-state index in [0.717, 1.165) is 135 Å². The van der Waals surface area contributed by atoms with E-state index in [4.69, 9.17) is 23.9 Å². The van der Waals surface area contributed by atoms with Crippen molar-refractivity contribution in [1.82, 2.24) is 59.8 Å². The summed E-state index contributed by atoms with van der Waals surface area (Å²) >= 11 is 0. The molecule has 4 fully saturated rings. The average Bonchev–Trinajstić information content (AvgIpc) is 2.31. The van der Waals surface area contributed by atoms with Crippen molar-refractivity contribution < 1.29 is 18.9 Å². The Hall–Kier alpha value is -10.4. The number of methoxy groups -OCH3 is 1. The predicted molar refractivity (Wildman–Crippen MR) is 350 cm³/mol. The molecular weight excluding hydrogens is 1130 g/mol. The summed E-state index contributed by atoms with van der Waals surface area (Å²) in [6, 6.07) is 41.2. The standard InChI is InChI=1S/C22H23N7O2.C22H23N7O.C20H25N7O/c1-30-18-8-4-15(5-9-18)25-21-19-20(24-14-23-19)27-22(28-21)26-16-2-6-17(7-3-16)29-10-12-31-13-11-29;1-15-3-2-4-17(13-15)25-21-19-20(24-14-23-19)27-22(28-21)26-16-5-7-18(8-6-16)29-9-11-30-12-10-29;1-2-4-14(3-1)23-19-17-18(22-13-21-17)25-20(26-19)24-15-5-7-16(8-6-15)27-9-11-28-12-10-27/h2-9,14H,10-13H2,1H3,(H3,23,24,25,26,27,28);2-8,13-14H,9-12H2,1H3,(H3,23,24,25,26,27,28);5-8,13-14H,1-4,9-12H2,(H3,21,22,23,24,25,26). The number of benzene rings is 5. The third kappa shape index (κ3) is 14.6. The van der Waals surface area contributed by atoms with Gasteiger partial charge in [0.2, 0.25) is 17.8 Å². The van der Waals surface area contributed by atoms with Crippen LogP contribution < -0.4 is 51.3 Å². The molecule has 0 radical (unpaired) electrons. The largest absolute Gasteiger partial charge is 0.497 e. The van der Waals surface area contributed by atoms with Gasteiger partial charge in [0.15, 0.2) is 34.4 Å². The number of aryl methyl sites for hydroxylation is 1. The molecule has 0 unspecified atom stereocenters. The number of fused-ring (bicyclic) bond motifs is 3. The molecule has 1 saturated carbocycles. The molecule has 6 aromatic heterocycles. The van der Waals surface area contributed by atoms with Crippen LogP contribution in [0.3, 0.4) is 0 Å². The Labute approximate surface area is 513 Å². The Morgan fingerprint density at radius 2 is 0.798 bits per heavy atom. The lowest BCUT2D eigenvalue weighted by molar-refractivity contribution is 0.122. The molecule has 1 aliphatic carbocycles. The van der Waals surface area contributed by atoms with Crippen LogP contribution in [0.1, 0.15) is 31.2 Å². The van der Waals surface area contributed by atoms with E-state index in [-0.39, 0.29) is 0 Å². The maximum absolute atomic E-state index is 5.43. The minimum atomic E-state index is 0.467. The highest BCUT2D eigenvalue weighted by Crippen LogP contribution is 2.31. The maximum Gasteiger partial charge on any atom is 0.231 e. The van der Waals surface area contributed by atoms with Gasteiger partial charge in [0.1, 0.15) is 22.3 Å². The van der Waals surface area contributed by atoms with E-state index in [2.05, 4.69) is 169 Å². The third-order valence-corrected chi connectivity index (χ3v) is 15.7. The van der Waals surface area contributed by atoms with Crippen molar-refractivity contribution >= 4 is 114 Å². The highest BCUT2D eigenvalue weighted by atomic mass is 16.5. The topological polar surface area (TPSA) is 282 Å². The number of morpholine rings is 3. The average molecular weight is 1200 g/mol. The Bertz CT molecular complexity index is 4060. The number of H-pyrrole nitrogens is 3. The SMILES string of the molecule is COc1ccc(Nc2nc(Nc3ccc(N4CCOCC4)cc3)nc3nc[nH]c23)cc1.Cc1cccc(Nc2nc(Nc3ccc(N4CCOCC4)cc3)nc3nc[nH]c23)c1.c1nc2nc(Nc3ccc(N4CCOCC4)cc3)nc(NC3CCCC3)c2[nH]1. The first kappa shape index (κ1) is 57.7. The molecule has 456 valence electrons. The van der Waals surface area contributed by atoms with E-state index >= 15 is 0 Å². The van der Waals surface area contributed by atoms with Crippen LogP contribution in [-0.4, -0.2) is 152 Å². The first-order chi connectivity index (χ1) is 43.9. The van der Waals surface area contributed by atoms with Crippen molar-refractivity contribution in [3.05, 3.63) is 146 Å². The number of nitrogens with one attached hydrogen (secondary N) is 9. The van der Waals surface area contributed by atoms with Crippen LogP contribution in [0.2, 0.25) is 0 Å². The van der Waals surface area contributed by atoms with Gasteiger partial charge in [0.05, 0.1) is 65.7 Å². The van der Waals surface area contributed by atoms with Crippen molar-refractivity contribution in [2.75, 3.05) is 133 Å². The Morgan fingerprint density at radius 3 is 1.20 bits per heavy atom. The van der Waals surface area contributed by atoms with Crippen LogP contribution in [0, 0.1) is 6.92 Å². The monoisotopic (exact) mass is 1200 g/mol. The molecule has 25 heteroatoms. The van der Waals surface area contributed by atoms with E-state index < -0.39 is 0 Å². The van der Waals surface area contributed by atoms with Gasteiger partial charge in [-0.15, -0.1) is 0 Å². The summed E-state index contributed by atoms with van der Waals surface area (Å²) in [6.45, 7) is 12.2. The van der Waals surface area contributed by atoms with Crippen molar-refractivity contribution in [3.63, 3.8) is 0 Å². The number of hydrogen-bond acceptors (Lipinski definition) is 22. The second-order valence-electron chi connectivity index (χ2n) is 21.8. The number of ether oxygens (including phenoxy) is 4. The zero-order valence-corrected chi connectivity index (χ0v) is 49.7. The third-order valence-electron chi connectivity index (χ3n) is 15.7. The van der Waals surface area contributed by atoms with Gasteiger partial charge >= 0.3 is 0 Å². The molecule has 11 aromatic rings. The molecule has 5 aromatic carbocycles. The molecule has 15 rings (SSSR count). The van der Waals surface area contributed by atoms with Crippen molar-refractivity contribution in [2.24, 2.45) is 0 Å². The van der Waals surface area contributed by atoms with Gasteiger partial charge in [-0.05, 0) is 135 Å². The van der Waals surface area contributed by atoms with Crippen LogP contribution in [0.25, 0.3) is 33.5 Å². The lowest BCUT2D eigenvalue weighted by atomic mass is 10.2. The fourth-order valence-corrected chi connectivity index (χ4v) is 11.0. The van der Waals surface area contributed by atoms with E-state index in [1.54, 1.807) is 26.1 Å². The zero-order chi connectivity index (χ0) is 60.1. The molecule has 3 aliphatic heterocycles. The van der Waals surface area contributed by atoms with Gasteiger partial charge in [-0.3, -0.25) is 0 Å². The van der Waals surface area contributed by atoms with E-state index in [1.807, 2.05) is 60.7 Å². The molecule has 0 atom stereocenters. The lowest BCUT2D eigenvalue weighted by Gasteiger charge is -2.28. The second kappa shape index (κ2) is 27.6. The van der Waals surface area contributed by atoms with Gasteiger partial charge in [-0.25, -0.2) is 15.0 Å². The minimum absolute atomic E-state index is 0.467. The van der Waals surface area contributed by atoms with Gasteiger partial charge < -0.3 is 80.5 Å². The first-order valence-electron chi connectivity index (χ1n) is 30.1. The number of aromatic amines is 3. The highest BCUT2D eigenvalue weighted by molar-refractivity contribution is 5.88. The smallest absolute Gasteiger partial charge is 0.231 e. The number of anilines is 14. The Kier molecular flexibility index (Phi) is 17.9. The summed E-state index contributed by atoms with van der Waals surface area (Å²) in [6.07, 6.45) is 9.82. The number of rotatable bonds is 16. The van der Waals surface area contributed by atoms with Gasteiger partial charge in [0, 0.05) is 90.8 Å². The molecule has 89 heavy (non-hydrogen) atoms. The molecule has 3 saturated heterocycles. The van der Waals surface area contributed by atoms with Gasteiger partial charge in [-0.1, -0.05) is 25.0 Å². The summed E-state index contributed by atoms with van der Waals surface area (Å²) in [7, 11) is 1.65. The second-order valence-corrected chi connectivity index (χ2v) is 21.8. The summed E-state index contributed by atoms with van der Waals surface area (Å²) < 4.78 is 21.5. The van der Waals surface area contributed by atoms with Gasteiger partial charge in [-0.2, -0.15) is 29.9 Å². The fraction of sp³-hybridized carbons (Fsp3) is 0.297. The summed E-state index contributed by atoms with van der Waals surface area (Å²) in [4.78, 5) is 56.9. The van der Waals surface area contributed by atoms with Crippen LogP contribution in [0.4, 0.5) is 80.8 Å². The van der Waals surface area contributed by atoms with Crippen LogP contribution in [-0.2, 0) is 14.2 Å². The van der Waals surface area contributed by atoms with Crippen LogP contribution >= 0.6 is 0 Å². The van der Waals surface area contributed by atoms with E-state index in [1.165, 1.54) is 48.3 Å². The molecule has 4 aliphatic rings. The molecule has 9 N–H and O–H groups in total. The van der Waals surface area contributed by atoms with Gasteiger partial charge in [0.25, 0.3) is 0 Å². The Balaban J connectivity index is 0.000000123. The molecule has 25 nitrogen and oxygen atoms in total. The molecule has 0 spiro atoms. The predicted octanol–water partition coefficient (Wildman–Crippen LogP) is 11.0. The summed E-state index contributed by atoms with van der Waals surface area (Å²) in [5, 5.41) is 20.2. The maximum atomic E-state index is 5.43. The quantitative estimate of drug-likeness (QED) is 0.0435. The summed E-state index contributed by atoms with van der Waals surface area (Å²) in [5.74, 6) is 4.44. The molecular formula is C64H71N21O4. The lowest BCUT2D eigenvalue weighted by Crippen LogP contribution is -2.36. The molecule has 0 bridgehead atoms. The highest BCUT2D eigenvalue weighted by Gasteiger charge is 2.20. The van der Waals surface area contributed by atoms with E-state index in [9.17, 15) is 0 Å². The number of imidazole rings is 3. The van der Waals surface area contributed by atoms with Crippen LogP contribution in [0.5, 0.6) is 5.75 Å². The number of hydrogen-bond donors (Lipinski definition) is 9. The Morgan fingerprint density at radius 1 is 0.427 bits per heavy atom.